The van der Waals surface area contributed by atoms with Gasteiger partial charge in [0.2, 0.25) is 0 Å². The number of fused-ring (bicyclic) bond motifs is 3. The maximum atomic E-state index is 9.78. The number of rotatable bonds is 2. The van der Waals surface area contributed by atoms with E-state index < -0.39 is 0 Å². The molecule has 0 amide bonds. The SMILES string of the molecule is CC1(C)[C@H]2CC[C@H]3C[C@@H](CCC#N)CC[C@H]3[C@]21C#N. The number of hydrogen-bond acceptors (Lipinski definition) is 2. The van der Waals surface area contributed by atoms with Crippen molar-refractivity contribution in [1.82, 2.24) is 0 Å². The molecule has 3 saturated carbocycles. The third-order valence-corrected chi connectivity index (χ3v) is 6.76. The van der Waals surface area contributed by atoms with Crippen molar-refractivity contribution in [2.24, 2.45) is 34.5 Å². The van der Waals surface area contributed by atoms with E-state index in [-0.39, 0.29) is 10.8 Å². The molecule has 2 nitrogen and oxygen atoms in total. The molecule has 0 unspecified atom stereocenters. The van der Waals surface area contributed by atoms with Gasteiger partial charge in [-0.05, 0) is 61.2 Å². The zero-order valence-electron chi connectivity index (χ0n) is 12.2. The molecular weight excluding hydrogens is 232 g/mol. The van der Waals surface area contributed by atoms with Crippen LogP contribution >= 0.6 is 0 Å². The van der Waals surface area contributed by atoms with E-state index >= 15 is 0 Å². The van der Waals surface area contributed by atoms with E-state index in [0.29, 0.717) is 18.3 Å². The lowest BCUT2D eigenvalue weighted by molar-refractivity contribution is 0.0811. The average Bonchev–Trinajstić information content (AvgIpc) is 2.93. The van der Waals surface area contributed by atoms with Crippen LogP contribution in [0.4, 0.5) is 0 Å². The lowest BCUT2D eigenvalue weighted by atomic mass is 9.61. The van der Waals surface area contributed by atoms with Gasteiger partial charge in [0, 0.05) is 6.42 Å². The van der Waals surface area contributed by atoms with E-state index in [1.807, 2.05) is 0 Å². The van der Waals surface area contributed by atoms with Gasteiger partial charge in [-0.1, -0.05) is 20.3 Å². The zero-order chi connectivity index (χ0) is 13.7. The summed E-state index contributed by atoms with van der Waals surface area (Å²) >= 11 is 0. The van der Waals surface area contributed by atoms with Crippen LogP contribution in [0.5, 0.6) is 0 Å². The minimum absolute atomic E-state index is 0.00385. The summed E-state index contributed by atoms with van der Waals surface area (Å²) in [5.74, 6) is 2.80. The zero-order valence-corrected chi connectivity index (χ0v) is 12.2. The predicted molar refractivity (Wildman–Crippen MR) is 73.7 cm³/mol. The van der Waals surface area contributed by atoms with E-state index in [1.54, 1.807) is 0 Å². The lowest BCUT2D eigenvalue weighted by Crippen LogP contribution is -2.36. The van der Waals surface area contributed by atoms with Crippen LogP contribution in [0.25, 0.3) is 0 Å². The van der Waals surface area contributed by atoms with Crippen molar-refractivity contribution in [2.75, 3.05) is 0 Å². The summed E-state index contributed by atoms with van der Waals surface area (Å²) in [7, 11) is 0. The summed E-state index contributed by atoms with van der Waals surface area (Å²) in [6, 6.07) is 5.03. The first-order chi connectivity index (χ1) is 9.07. The lowest BCUT2D eigenvalue weighted by Gasteiger charge is -2.42. The van der Waals surface area contributed by atoms with Gasteiger partial charge in [-0.15, -0.1) is 0 Å². The summed E-state index contributed by atoms with van der Waals surface area (Å²) < 4.78 is 0. The molecule has 0 aromatic heterocycles. The van der Waals surface area contributed by atoms with Gasteiger partial charge in [-0.3, -0.25) is 0 Å². The normalized spacial score (nSPS) is 46.3. The quantitative estimate of drug-likeness (QED) is 0.740. The summed E-state index contributed by atoms with van der Waals surface area (Å²) in [4.78, 5) is 0. The number of nitriles is 2. The van der Waals surface area contributed by atoms with Crippen molar-refractivity contribution in [3.05, 3.63) is 0 Å². The summed E-state index contributed by atoms with van der Waals surface area (Å²) in [5, 5.41) is 18.5. The van der Waals surface area contributed by atoms with E-state index in [9.17, 15) is 5.26 Å². The highest BCUT2D eigenvalue weighted by molar-refractivity contribution is 5.31. The Kier molecular flexibility index (Phi) is 2.90. The fraction of sp³-hybridized carbons (Fsp3) is 0.882. The van der Waals surface area contributed by atoms with Crippen molar-refractivity contribution < 1.29 is 0 Å². The van der Waals surface area contributed by atoms with E-state index in [4.69, 9.17) is 5.26 Å². The maximum Gasteiger partial charge on any atom is 0.0701 e. The van der Waals surface area contributed by atoms with Crippen molar-refractivity contribution >= 4 is 0 Å². The summed E-state index contributed by atoms with van der Waals surface area (Å²) in [6.07, 6.45) is 8.12. The van der Waals surface area contributed by atoms with E-state index in [1.165, 1.54) is 32.1 Å². The van der Waals surface area contributed by atoms with Gasteiger partial charge in [0.05, 0.1) is 17.6 Å². The third kappa shape index (κ3) is 1.59. The van der Waals surface area contributed by atoms with Gasteiger partial charge in [-0.2, -0.15) is 10.5 Å². The van der Waals surface area contributed by atoms with Crippen LogP contribution in [0.2, 0.25) is 0 Å². The number of nitrogens with zero attached hydrogens (tertiary/aromatic N) is 2. The van der Waals surface area contributed by atoms with Crippen LogP contribution in [0, 0.1) is 57.2 Å². The first kappa shape index (κ1) is 13.0. The number of hydrogen-bond donors (Lipinski definition) is 0. The van der Waals surface area contributed by atoms with Crippen molar-refractivity contribution in [3.8, 4) is 12.1 Å². The van der Waals surface area contributed by atoms with E-state index in [0.717, 1.165) is 18.3 Å². The maximum absolute atomic E-state index is 9.78. The molecule has 19 heavy (non-hydrogen) atoms. The van der Waals surface area contributed by atoms with Crippen LogP contribution < -0.4 is 0 Å². The van der Waals surface area contributed by atoms with Crippen LogP contribution in [-0.4, -0.2) is 0 Å². The minimum Gasteiger partial charge on any atom is -0.198 e. The first-order valence-electron chi connectivity index (χ1n) is 7.86. The Labute approximate surface area is 116 Å². The summed E-state index contributed by atoms with van der Waals surface area (Å²) in [5.41, 5.74) is 0.247. The molecule has 102 valence electrons. The van der Waals surface area contributed by atoms with Crippen LogP contribution in [0.1, 0.15) is 58.8 Å². The molecule has 3 aliphatic rings. The molecule has 0 N–H and O–H groups in total. The van der Waals surface area contributed by atoms with Gasteiger partial charge in [0.25, 0.3) is 0 Å². The molecule has 3 rings (SSSR count). The Bertz CT molecular complexity index is 453. The smallest absolute Gasteiger partial charge is 0.0701 e. The fourth-order valence-corrected chi connectivity index (χ4v) is 5.73. The van der Waals surface area contributed by atoms with Gasteiger partial charge >= 0.3 is 0 Å². The first-order valence-corrected chi connectivity index (χ1v) is 7.86. The molecule has 0 bridgehead atoms. The molecule has 0 aromatic carbocycles. The van der Waals surface area contributed by atoms with Crippen molar-refractivity contribution in [3.63, 3.8) is 0 Å². The highest BCUT2D eigenvalue weighted by Crippen LogP contribution is 2.78. The highest BCUT2D eigenvalue weighted by atomic mass is 14.8. The Morgan fingerprint density at radius 1 is 1.11 bits per heavy atom. The molecule has 0 spiro atoms. The Morgan fingerprint density at radius 2 is 1.89 bits per heavy atom. The second kappa shape index (κ2) is 4.24. The van der Waals surface area contributed by atoms with Crippen molar-refractivity contribution in [2.45, 2.75) is 58.8 Å². The minimum atomic E-state index is -0.00385. The standard InChI is InChI=1S/C17H24N2/c1-16(2)15-8-6-13-10-12(4-3-9-18)5-7-14(13)17(15,16)11-19/h12-15H,3-8,10H2,1-2H3/t12-,13-,14+,15+,17+/m0/s1. The Hall–Kier alpha value is -1.02. The highest BCUT2D eigenvalue weighted by Gasteiger charge is 2.76. The molecule has 3 fully saturated rings. The second-order valence-corrected chi connectivity index (χ2v) is 7.57. The van der Waals surface area contributed by atoms with Crippen LogP contribution in [-0.2, 0) is 0 Å². The molecule has 5 atom stereocenters. The molecule has 0 aromatic rings. The predicted octanol–water partition coefficient (Wildman–Crippen LogP) is 4.28. The van der Waals surface area contributed by atoms with Crippen LogP contribution in [0.15, 0.2) is 0 Å². The fourth-order valence-electron chi connectivity index (χ4n) is 5.73. The topological polar surface area (TPSA) is 47.6 Å². The molecule has 0 radical (unpaired) electrons. The van der Waals surface area contributed by atoms with Crippen molar-refractivity contribution in [1.29, 1.82) is 10.5 Å². The largest absolute Gasteiger partial charge is 0.198 e. The van der Waals surface area contributed by atoms with Gasteiger partial charge in [-0.25, -0.2) is 0 Å². The molecule has 3 aliphatic carbocycles. The monoisotopic (exact) mass is 256 g/mol. The third-order valence-electron chi connectivity index (χ3n) is 6.76. The van der Waals surface area contributed by atoms with Gasteiger partial charge < -0.3 is 0 Å². The molecule has 0 heterocycles. The second-order valence-electron chi connectivity index (χ2n) is 7.57. The molecule has 0 aliphatic heterocycles. The Balaban J connectivity index is 1.74. The van der Waals surface area contributed by atoms with Gasteiger partial charge in [0.1, 0.15) is 0 Å². The van der Waals surface area contributed by atoms with Gasteiger partial charge in [0.15, 0.2) is 0 Å². The van der Waals surface area contributed by atoms with Crippen LogP contribution in [0.3, 0.4) is 0 Å². The molecule has 2 heteroatoms. The van der Waals surface area contributed by atoms with E-state index in [2.05, 4.69) is 26.0 Å². The molecular formula is C17H24N2. The summed E-state index contributed by atoms with van der Waals surface area (Å²) in [6.45, 7) is 4.62. The molecule has 0 saturated heterocycles. The Morgan fingerprint density at radius 3 is 2.58 bits per heavy atom. The average molecular weight is 256 g/mol.